The molecule has 0 bridgehead atoms. The molecule has 1 aliphatic heterocycles. The van der Waals surface area contributed by atoms with Crippen molar-refractivity contribution in [2.24, 2.45) is 4.99 Å². The lowest BCUT2D eigenvalue weighted by atomic mass is 9.80. The van der Waals surface area contributed by atoms with E-state index in [-0.39, 0.29) is 5.54 Å². The average molecular weight is 379 g/mol. The molecule has 0 radical (unpaired) electrons. The maximum absolute atomic E-state index is 5.59. The van der Waals surface area contributed by atoms with Crippen LogP contribution in [0.2, 0.25) is 0 Å². The zero-order valence-electron chi connectivity index (χ0n) is 16.3. The number of nitrogens with one attached hydrogen (secondary N) is 2. The van der Waals surface area contributed by atoms with Crippen LogP contribution in [0.4, 0.5) is 0 Å². The molecule has 1 aromatic heterocycles. The van der Waals surface area contributed by atoms with Crippen LogP contribution in [-0.2, 0) is 4.74 Å². The molecule has 2 N–H and O–H groups in total. The number of morpholine rings is 1. The molecule has 0 aromatic carbocycles. The van der Waals surface area contributed by atoms with Crippen LogP contribution in [0.15, 0.2) is 21.8 Å². The van der Waals surface area contributed by atoms with Gasteiger partial charge < -0.3 is 15.4 Å². The number of hydrogen-bond donors (Lipinski definition) is 2. The summed E-state index contributed by atoms with van der Waals surface area (Å²) in [6, 6.07) is 2.21. The highest BCUT2D eigenvalue weighted by Gasteiger charge is 2.38. The van der Waals surface area contributed by atoms with E-state index in [1.54, 1.807) is 11.3 Å². The number of ether oxygens (including phenoxy) is 1. The Morgan fingerprint density at radius 1 is 1.27 bits per heavy atom. The van der Waals surface area contributed by atoms with Crippen LogP contribution >= 0.6 is 11.3 Å². The Bertz CT molecular complexity index is 548. The van der Waals surface area contributed by atoms with Crippen LogP contribution in [0.1, 0.15) is 50.5 Å². The van der Waals surface area contributed by atoms with E-state index >= 15 is 0 Å². The Morgan fingerprint density at radius 2 is 2.04 bits per heavy atom. The van der Waals surface area contributed by atoms with Gasteiger partial charge in [0.2, 0.25) is 0 Å². The standard InChI is InChI=1S/C20H34N4OS/c1-17(18-6-13-26-15-18)14-22-19(21-2)23-16-20(7-4-3-5-8-20)24-9-11-25-12-10-24/h6,13,15,17H,3-5,7-12,14,16H2,1-2H3,(H2,21,22,23). The van der Waals surface area contributed by atoms with Crippen molar-refractivity contribution in [1.29, 1.82) is 0 Å². The van der Waals surface area contributed by atoms with Gasteiger partial charge >= 0.3 is 0 Å². The summed E-state index contributed by atoms with van der Waals surface area (Å²) < 4.78 is 5.59. The maximum Gasteiger partial charge on any atom is 0.191 e. The van der Waals surface area contributed by atoms with Crippen molar-refractivity contribution in [2.45, 2.75) is 50.5 Å². The van der Waals surface area contributed by atoms with E-state index in [1.807, 2.05) is 7.05 Å². The smallest absolute Gasteiger partial charge is 0.191 e. The number of nitrogens with zero attached hydrogens (tertiary/aromatic N) is 2. The molecule has 1 saturated heterocycles. The third-order valence-corrected chi connectivity index (χ3v) is 6.66. The van der Waals surface area contributed by atoms with Crippen molar-refractivity contribution in [1.82, 2.24) is 15.5 Å². The molecule has 0 amide bonds. The number of aliphatic imine (C=N–C) groups is 1. The van der Waals surface area contributed by atoms with Gasteiger partial charge in [-0.15, -0.1) is 0 Å². The number of guanidine groups is 1. The molecule has 2 fully saturated rings. The average Bonchev–Trinajstić information content (AvgIpc) is 3.24. The first-order valence-corrected chi connectivity index (χ1v) is 11.0. The monoisotopic (exact) mass is 378 g/mol. The molecule has 26 heavy (non-hydrogen) atoms. The lowest BCUT2D eigenvalue weighted by molar-refractivity contribution is -0.0352. The summed E-state index contributed by atoms with van der Waals surface area (Å²) in [6.07, 6.45) is 6.60. The highest BCUT2D eigenvalue weighted by molar-refractivity contribution is 7.07. The van der Waals surface area contributed by atoms with Crippen molar-refractivity contribution in [3.8, 4) is 0 Å². The van der Waals surface area contributed by atoms with E-state index in [4.69, 9.17) is 4.74 Å². The predicted octanol–water partition coefficient (Wildman–Crippen LogP) is 3.05. The second-order valence-electron chi connectivity index (χ2n) is 7.65. The largest absolute Gasteiger partial charge is 0.379 e. The number of rotatable bonds is 6. The first-order chi connectivity index (χ1) is 12.7. The van der Waals surface area contributed by atoms with E-state index in [1.165, 1.54) is 37.7 Å². The lowest BCUT2D eigenvalue weighted by Crippen LogP contribution is -2.60. The fourth-order valence-electron chi connectivity index (χ4n) is 4.24. The van der Waals surface area contributed by atoms with E-state index in [9.17, 15) is 0 Å². The normalized spacial score (nSPS) is 22.8. The first-order valence-electron chi connectivity index (χ1n) is 10.0. The maximum atomic E-state index is 5.59. The van der Waals surface area contributed by atoms with Crippen molar-refractivity contribution in [3.63, 3.8) is 0 Å². The fourth-order valence-corrected chi connectivity index (χ4v) is 5.03. The summed E-state index contributed by atoms with van der Waals surface area (Å²) in [4.78, 5) is 7.13. The molecular formula is C20H34N4OS. The van der Waals surface area contributed by atoms with Gasteiger partial charge in [0.1, 0.15) is 0 Å². The minimum atomic E-state index is 0.263. The summed E-state index contributed by atoms with van der Waals surface area (Å²) in [6.45, 7) is 7.99. The Morgan fingerprint density at radius 3 is 2.69 bits per heavy atom. The van der Waals surface area contributed by atoms with Crippen LogP contribution in [0.3, 0.4) is 0 Å². The van der Waals surface area contributed by atoms with E-state index in [2.05, 4.69) is 44.3 Å². The molecule has 6 heteroatoms. The minimum absolute atomic E-state index is 0.263. The predicted molar refractivity (Wildman–Crippen MR) is 110 cm³/mol. The van der Waals surface area contributed by atoms with Gasteiger partial charge in [0.05, 0.1) is 13.2 Å². The van der Waals surface area contributed by atoms with Gasteiger partial charge in [0, 0.05) is 38.8 Å². The Kier molecular flexibility index (Phi) is 7.34. The zero-order chi connectivity index (χ0) is 18.2. The molecule has 3 rings (SSSR count). The van der Waals surface area contributed by atoms with Gasteiger partial charge in [0.15, 0.2) is 5.96 Å². The Balaban J connectivity index is 1.54. The van der Waals surface area contributed by atoms with Crippen molar-refractivity contribution < 1.29 is 4.74 Å². The van der Waals surface area contributed by atoms with Gasteiger partial charge in [-0.05, 0) is 41.1 Å². The highest BCUT2D eigenvalue weighted by atomic mass is 32.1. The summed E-state index contributed by atoms with van der Waals surface area (Å²) >= 11 is 1.76. The molecule has 1 aliphatic carbocycles. The van der Waals surface area contributed by atoms with Crippen LogP contribution in [-0.4, -0.2) is 62.8 Å². The number of thiophene rings is 1. The van der Waals surface area contributed by atoms with Gasteiger partial charge in [-0.3, -0.25) is 9.89 Å². The third kappa shape index (κ3) is 4.99. The summed E-state index contributed by atoms with van der Waals surface area (Å²) in [7, 11) is 1.87. The SMILES string of the molecule is CN=C(NCC(C)c1ccsc1)NCC1(N2CCOCC2)CCCCC1. The van der Waals surface area contributed by atoms with Gasteiger partial charge in [-0.2, -0.15) is 11.3 Å². The van der Waals surface area contributed by atoms with Crippen LogP contribution in [0, 0.1) is 0 Å². The summed E-state index contributed by atoms with van der Waals surface area (Å²) in [5.74, 6) is 1.41. The van der Waals surface area contributed by atoms with Crippen LogP contribution in [0.5, 0.6) is 0 Å². The van der Waals surface area contributed by atoms with Crippen LogP contribution in [0.25, 0.3) is 0 Å². The zero-order valence-corrected chi connectivity index (χ0v) is 17.1. The molecule has 2 heterocycles. The minimum Gasteiger partial charge on any atom is -0.379 e. The van der Waals surface area contributed by atoms with Crippen molar-refractivity contribution in [2.75, 3.05) is 46.4 Å². The van der Waals surface area contributed by atoms with E-state index in [0.717, 1.165) is 45.4 Å². The first kappa shape index (κ1) is 19.6. The summed E-state index contributed by atoms with van der Waals surface area (Å²) in [5.41, 5.74) is 1.66. The fraction of sp³-hybridized carbons (Fsp3) is 0.750. The van der Waals surface area contributed by atoms with E-state index in [0.29, 0.717) is 5.92 Å². The molecule has 146 valence electrons. The topological polar surface area (TPSA) is 48.9 Å². The van der Waals surface area contributed by atoms with Gasteiger partial charge in [0.25, 0.3) is 0 Å². The van der Waals surface area contributed by atoms with Crippen LogP contribution < -0.4 is 10.6 Å². The quantitative estimate of drug-likeness (QED) is 0.590. The Labute approximate surface area is 162 Å². The molecule has 5 nitrogen and oxygen atoms in total. The van der Waals surface area contributed by atoms with Crippen molar-refractivity contribution >= 4 is 17.3 Å². The molecule has 2 aliphatic rings. The second-order valence-corrected chi connectivity index (χ2v) is 8.43. The second kappa shape index (κ2) is 9.72. The molecule has 1 atom stereocenters. The molecule has 1 aromatic rings. The lowest BCUT2D eigenvalue weighted by Gasteiger charge is -2.48. The third-order valence-electron chi connectivity index (χ3n) is 5.96. The van der Waals surface area contributed by atoms with Crippen molar-refractivity contribution in [3.05, 3.63) is 22.4 Å². The molecule has 1 saturated carbocycles. The Hall–Kier alpha value is -1.11. The molecule has 0 spiro atoms. The molecule has 1 unspecified atom stereocenters. The van der Waals surface area contributed by atoms with E-state index < -0.39 is 0 Å². The van der Waals surface area contributed by atoms with Gasteiger partial charge in [-0.25, -0.2) is 0 Å². The summed E-state index contributed by atoms with van der Waals surface area (Å²) in [5, 5.41) is 11.5. The number of hydrogen-bond acceptors (Lipinski definition) is 4. The molecular weight excluding hydrogens is 344 g/mol. The highest BCUT2D eigenvalue weighted by Crippen LogP contribution is 2.33. The van der Waals surface area contributed by atoms with Gasteiger partial charge in [-0.1, -0.05) is 26.2 Å².